The number of benzene rings is 3. The van der Waals surface area contributed by atoms with Crippen LogP contribution in [0.4, 0.5) is 5.69 Å². The summed E-state index contributed by atoms with van der Waals surface area (Å²) in [6.45, 7) is 8.64. The van der Waals surface area contributed by atoms with E-state index in [0.29, 0.717) is 0 Å². The van der Waals surface area contributed by atoms with Crippen LogP contribution in [-0.4, -0.2) is 43.8 Å². The van der Waals surface area contributed by atoms with Crippen LogP contribution in [0.3, 0.4) is 0 Å². The summed E-state index contributed by atoms with van der Waals surface area (Å²) in [6.07, 6.45) is 0. The van der Waals surface area contributed by atoms with Crippen LogP contribution in [-0.2, 0) is 26.2 Å². The minimum Gasteiger partial charge on any atom is -0.352 e. The molecule has 0 fully saturated rings. The molecular weight excluding hydrogens is 557 g/mol. The zero-order valence-corrected chi connectivity index (χ0v) is 24.9. The molecule has 208 valence electrons. The van der Waals surface area contributed by atoms with Crippen molar-refractivity contribution in [3.05, 3.63) is 93.5 Å². The van der Waals surface area contributed by atoms with Crippen LogP contribution in [0, 0.1) is 13.8 Å². The summed E-state index contributed by atoms with van der Waals surface area (Å²) in [7, 11) is -4.19. The predicted molar refractivity (Wildman–Crippen MR) is 157 cm³/mol. The second-order valence-corrected chi connectivity index (χ2v) is 12.4. The first-order valence-corrected chi connectivity index (χ1v) is 14.7. The number of hydrogen-bond acceptors (Lipinski definition) is 4. The van der Waals surface area contributed by atoms with E-state index in [4.69, 9.17) is 23.2 Å². The van der Waals surface area contributed by atoms with Crippen LogP contribution in [0.25, 0.3) is 0 Å². The summed E-state index contributed by atoms with van der Waals surface area (Å²) in [6, 6.07) is 17.3. The van der Waals surface area contributed by atoms with E-state index in [0.717, 1.165) is 21.0 Å². The van der Waals surface area contributed by atoms with Gasteiger partial charge in [-0.2, -0.15) is 0 Å². The minimum atomic E-state index is -4.19. The van der Waals surface area contributed by atoms with E-state index in [1.54, 1.807) is 19.1 Å². The SMILES string of the molecule is Cc1ccc(S(=O)(=O)N(CC(=O)N(Cc2cccc(C)c2)C(C)C(=O)NC(C)C)c2ccc(Cl)c(Cl)c2)cc1. The molecular formula is C29H33Cl2N3O4S. The lowest BCUT2D eigenvalue weighted by atomic mass is 10.1. The monoisotopic (exact) mass is 589 g/mol. The maximum Gasteiger partial charge on any atom is 0.264 e. The molecule has 0 saturated carbocycles. The molecule has 1 unspecified atom stereocenters. The molecule has 1 N–H and O–H groups in total. The zero-order chi connectivity index (χ0) is 28.9. The van der Waals surface area contributed by atoms with E-state index in [-0.39, 0.29) is 39.1 Å². The van der Waals surface area contributed by atoms with Gasteiger partial charge < -0.3 is 10.2 Å². The van der Waals surface area contributed by atoms with Crippen molar-refractivity contribution in [2.24, 2.45) is 0 Å². The molecule has 39 heavy (non-hydrogen) atoms. The highest BCUT2D eigenvalue weighted by Crippen LogP contribution is 2.31. The number of halogens is 2. The second kappa shape index (κ2) is 12.9. The summed E-state index contributed by atoms with van der Waals surface area (Å²) >= 11 is 12.3. The summed E-state index contributed by atoms with van der Waals surface area (Å²) < 4.78 is 28.7. The zero-order valence-electron chi connectivity index (χ0n) is 22.6. The number of nitrogens with zero attached hydrogens (tertiary/aromatic N) is 2. The van der Waals surface area contributed by atoms with Gasteiger partial charge in [0, 0.05) is 12.6 Å². The Labute approximate surface area is 240 Å². The van der Waals surface area contributed by atoms with Crippen molar-refractivity contribution in [1.82, 2.24) is 10.2 Å². The number of rotatable bonds is 10. The van der Waals surface area contributed by atoms with Crippen LogP contribution in [0.2, 0.25) is 10.0 Å². The number of nitrogens with one attached hydrogen (secondary N) is 1. The van der Waals surface area contributed by atoms with Crippen LogP contribution in [0.5, 0.6) is 0 Å². The molecule has 10 heteroatoms. The third kappa shape index (κ3) is 7.75. The first-order chi connectivity index (χ1) is 18.3. The van der Waals surface area contributed by atoms with Crippen LogP contribution in [0.15, 0.2) is 71.6 Å². The Morgan fingerprint density at radius 2 is 1.54 bits per heavy atom. The molecule has 0 aliphatic heterocycles. The molecule has 0 spiro atoms. The van der Waals surface area contributed by atoms with Gasteiger partial charge in [0.2, 0.25) is 11.8 Å². The third-order valence-electron chi connectivity index (χ3n) is 6.11. The molecule has 3 rings (SSSR count). The summed E-state index contributed by atoms with van der Waals surface area (Å²) in [5.74, 6) is -0.891. The molecule has 0 aliphatic rings. The molecule has 1 atom stereocenters. The number of carbonyl (C=O) groups is 2. The molecule has 0 heterocycles. The second-order valence-electron chi connectivity index (χ2n) is 9.77. The Morgan fingerprint density at radius 3 is 2.13 bits per heavy atom. The van der Waals surface area contributed by atoms with Gasteiger partial charge in [-0.1, -0.05) is 70.7 Å². The Hall–Kier alpha value is -3.07. The smallest absolute Gasteiger partial charge is 0.264 e. The highest BCUT2D eigenvalue weighted by atomic mass is 35.5. The van der Waals surface area contributed by atoms with Gasteiger partial charge in [0.1, 0.15) is 12.6 Å². The lowest BCUT2D eigenvalue weighted by molar-refractivity contribution is -0.139. The number of amides is 2. The molecule has 3 aromatic rings. The number of carbonyl (C=O) groups excluding carboxylic acids is 2. The molecule has 0 radical (unpaired) electrons. The van der Waals surface area contributed by atoms with E-state index in [9.17, 15) is 18.0 Å². The quantitative estimate of drug-likeness (QED) is 0.326. The van der Waals surface area contributed by atoms with Crippen LogP contribution < -0.4 is 9.62 Å². The van der Waals surface area contributed by atoms with Crippen LogP contribution in [0.1, 0.15) is 37.5 Å². The van der Waals surface area contributed by atoms with Gasteiger partial charge in [-0.25, -0.2) is 8.42 Å². The lowest BCUT2D eigenvalue weighted by Crippen LogP contribution is -2.52. The van der Waals surface area contributed by atoms with Crippen molar-refractivity contribution in [3.8, 4) is 0 Å². The van der Waals surface area contributed by atoms with Crippen molar-refractivity contribution < 1.29 is 18.0 Å². The fourth-order valence-electron chi connectivity index (χ4n) is 4.00. The van der Waals surface area contributed by atoms with Gasteiger partial charge in [0.05, 0.1) is 20.6 Å². The minimum absolute atomic E-state index is 0.0165. The van der Waals surface area contributed by atoms with E-state index in [2.05, 4.69) is 5.32 Å². The Balaban J connectivity index is 2.06. The van der Waals surface area contributed by atoms with E-state index in [1.807, 2.05) is 52.0 Å². The van der Waals surface area contributed by atoms with Gasteiger partial charge in [-0.3, -0.25) is 13.9 Å². The maximum absolute atomic E-state index is 13.9. The van der Waals surface area contributed by atoms with Gasteiger partial charge in [-0.05, 0) is 70.5 Å². The fourth-order valence-corrected chi connectivity index (χ4v) is 5.70. The highest BCUT2D eigenvalue weighted by Gasteiger charge is 2.33. The maximum atomic E-state index is 13.9. The van der Waals surface area contributed by atoms with Crippen molar-refractivity contribution in [2.45, 2.75) is 58.1 Å². The van der Waals surface area contributed by atoms with Gasteiger partial charge in [0.15, 0.2) is 0 Å². The van der Waals surface area contributed by atoms with E-state index < -0.39 is 28.5 Å². The van der Waals surface area contributed by atoms with Crippen molar-refractivity contribution >= 4 is 50.7 Å². The molecule has 0 aromatic heterocycles. The van der Waals surface area contributed by atoms with E-state index in [1.165, 1.54) is 35.2 Å². The lowest BCUT2D eigenvalue weighted by Gasteiger charge is -2.32. The summed E-state index contributed by atoms with van der Waals surface area (Å²) in [5, 5.41) is 3.23. The third-order valence-corrected chi connectivity index (χ3v) is 8.64. The van der Waals surface area contributed by atoms with Gasteiger partial charge >= 0.3 is 0 Å². The first kappa shape index (κ1) is 30.5. The number of aryl methyl sites for hydroxylation is 2. The Bertz CT molecular complexity index is 1440. The van der Waals surface area contributed by atoms with E-state index >= 15 is 0 Å². The molecule has 0 aliphatic carbocycles. The highest BCUT2D eigenvalue weighted by molar-refractivity contribution is 7.92. The van der Waals surface area contributed by atoms with Crippen molar-refractivity contribution in [1.29, 1.82) is 0 Å². The molecule has 2 amide bonds. The number of anilines is 1. The largest absolute Gasteiger partial charge is 0.352 e. The van der Waals surface area contributed by atoms with Gasteiger partial charge in [-0.15, -0.1) is 0 Å². The first-order valence-electron chi connectivity index (χ1n) is 12.5. The normalized spacial score (nSPS) is 12.2. The summed E-state index contributed by atoms with van der Waals surface area (Å²) in [4.78, 5) is 28.3. The molecule has 0 saturated heterocycles. The Morgan fingerprint density at radius 1 is 0.872 bits per heavy atom. The summed E-state index contributed by atoms with van der Waals surface area (Å²) in [5.41, 5.74) is 2.88. The van der Waals surface area contributed by atoms with Gasteiger partial charge in [0.25, 0.3) is 10.0 Å². The molecule has 7 nitrogen and oxygen atoms in total. The number of sulfonamides is 1. The average Bonchev–Trinajstić information content (AvgIpc) is 2.87. The topological polar surface area (TPSA) is 86.8 Å². The van der Waals surface area contributed by atoms with Crippen LogP contribution >= 0.6 is 23.2 Å². The van der Waals surface area contributed by atoms with Crippen molar-refractivity contribution in [2.75, 3.05) is 10.8 Å². The molecule has 0 bridgehead atoms. The predicted octanol–water partition coefficient (Wildman–Crippen LogP) is 5.75. The number of hydrogen-bond donors (Lipinski definition) is 1. The molecule has 3 aromatic carbocycles. The standard InChI is InChI=1S/C29H33Cl2N3O4S/c1-19(2)32-29(36)22(5)33(17-23-8-6-7-21(4)15-23)28(35)18-34(24-11-14-26(30)27(31)16-24)39(37,38)25-12-9-20(3)10-13-25/h6-16,19,22H,17-18H2,1-5H3,(H,32,36). The average molecular weight is 591 g/mol. The fraction of sp³-hybridized carbons (Fsp3) is 0.310. The van der Waals surface area contributed by atoms with Crippen molar-refractivity contribution in [3.63, 3.8) is 0 Å². The Kier molecular flexibility index (Phi) is 10.0.